The lowest BCUT2D eigenvalue weighted by molar-refractivity contribution is -0.0920. The summed E-state index contributed by atoms with van der Waals surface area (Å²) in [5, 5.41) is 13.2. The molecule has 0 aliphatic carbocycles. The molecule has 9 heteroatoms. The number of allylic oxidation sites excluding steroid dienone is 3. The summed E-state index contributed by atoms with van der Waals surface area (Å²) in [6.07, 6.45) is -2.56. The largest absolute Gasteiger partial charge is 0.761 e. The molecule has 29 heavy (non-hydrogen) atoms. The number of nitrogens with one attached hydrogen (secondary N) is 2. The molecule has 0 fully saturated rings. The minimum atomic E-state index is -4.73. The molecule has 6 nitrogen and oxygen atoms in total. The van der Waals surface area contributed by atoms with Gasteiger partial charge in [-0.1, -0.05) is 24.8 Å². The minimum Gasteiger partial charge on any atom is -0.761 e. The van der Waals surface area contributed by atoms with E-state index >= 15 is 0 Å². The van der Waals surface area contributed by atoms with Crippen LogP contribution in [0.25, 0.3) is 0 Å². The highest BCUT2D eigenvalue weighted by atomic mass is 19.4. The van der Waals surface area contributed by atoms with Gasteiger partial charge in [0.1, 0.15) is 11.4 Å². The Morgan fingerprint density at radius 3 is 2.31 bits per heavy atom. The molecule has 0 aliphatic rings. The van der Waals surface area contributed by atoms with E-state index in [9.17, 15) is 23.2 Å². The second kappa shape index (κ2) is 10.6. The van der Waals surface area contributed by atoms with Gasteiger partial charge in [0, 0.05) is 12.7 Å². The fourth-order valence-corrected chi connectivity index (χ4v) is 2.12. The molecule has 1 rings (SSSR count). The van der Waals surface area contributed by atoms with Gasteiger partial charge in [0.05, 0.1) is 5.57 Å². The van der Waals surface area contributed by atoms with Gasteiger partial charge in [-0.25, -0.2) is 4.79 Å². The third kappa shape index (κ3) is 9.20. The van der Waals surface area contributed by atoms with E-state index < -0.39 is 29.2 Å². The maximum absolute atomic E-state index is 13.1. The molecule has 0 saturated carbocycles. The van der Waals surface area contributed by atoms with Crippen LogP contribution in [0.4, 0.5) is 18.0 Å². The quantitative estimate of drug-likeness (QED) is 0.366. The second-order valence-corrected chi connectivity index (χ2v) is 6.86. The molecule has 0 heterocycles. The molecular formula is C20H24F3N2O4-. The fourth-order valence-electron chi connectivity index (χ4n) is 2.12. The van der Waals surface area contributed by atoms with Gasteiger partial charge in [-0.05, 0) is 51.0 Å². The Kier molecular flexibility index (Phi) is 8.78. The van der Waals surface area contributed by atoms with Gasteiger partial charge >= 0.3 is 12.3 Å². The van der Waals surface area contributed by atoms with Crippen LogP contribution < -0.4 is 15.5 Å². The number of hydrogen-bond donors (Lipinski definition) is 2. The first-order chi connectivity index (χ1) is 13.5. The average molecular weight is 413 g/mol. The zero-order valence-electron chi connectivity index (χ0n) is 16.4. The number of halogens is 3. The molecule has 160 valence electrons. The smallest absolute Gasteiger partial charge is 0.420 e. The molecule has 0 spiro atoms. The molecular weight excluding hydrogens is 389 g/mol. The number of benzene rings is 1. The number of ether oxygens (including phenoxy) is 2. The van der Waals surface area contributed by atoms with Crippen molar-refractivity contribution in [3.8, 4) is 5.75 Å². The Bertz CT molecular complexity index is 748. The van der Waals surface area contributed by atoms with Crippen LogP contribution in [0, 0.1) is 5.21 Å². The van der Waals surface area contributed by atoms with Gasteiger partial charge < -0.3 is 25.5 Å². The standard InChI is InChI=1S/C20H24F3N2O4/c1-5-6-16(20(21,22)23)17(13-25-27)28-15-9-7-14(8-10-15)11-12-24-18(26)29-19(2,3)4/h5-10,13,25H,1,11-12H2,2-4H3,(H,24,26)/q-1/b16-6+,17-13+. The number of hydroxylamine groups is 1. The van der Waals surface area contributed by atoms with Crippen LogP contribution in [0.1, 0.15) is 26.3 Å². The maximum Gasteiger partial charge on any atom is 0.420 e. The van der Waals surface area contributed by atoms with Gasteiger partial charge in [0.15, 0.2) is 5.76 Å². The first-order valence-electron chi connectivity index (χ1n) is 8.68. The normalized spacial score (nSPS) is 12.9. The van der Waals surface area contributed by atoms with E-state index in [1.54, 1.807) is 32.9 Å². The molecule has 0 unspecified atom stereocenters. The van der Waals surface area contributed by atoms with Gasteiger partial charge in [0.25, 0.3) is 0 Å². The monoisotopic (exact) mass is 413 g/mol. The number of hydrogen-bond acceptors (Lipinski definition) is 5. The highest BCUT2D eigenvalue weighted by Gasteiger charge is 2.37. The molecule has 2 N–H and O–H groups in total. The van der Waals surface area contributed by atoms with Crippen molar-refractivity contribution in [3.05, 3.63) is 71.3 Å². The van der Waals surface area contributed by atoms with Crippen molar-refractivity contribution in [1.29, 1.82) is 0 Å². The van der Waals surface area contributed by atoms with E-state index in [1.807, 2.05) is 0 Å². The van der Waals surface area contributed by atoms with Crippen molar-refractivity contribution < 1.29 is 27.4 Å². The van der Waals surface area contributed by atoms with E-state index in [1.165, 1.54) is 17.6 Å². The Balaban J connectivity index is 2.75. The van der Waals surface area contributed by atoms with Gasteiger partial charge in [-0.15, -0.1) is 0 Å². The summed E-state index contributed by atoms with van der Waals surface area (Å²) in [5.41, 5.74) is 0.373. The molecule has 0 saturated heterocycles. The van der Waals surface area contributed by atoms with E-state index in [0.29, 0.717) is 25.2 Å². The van der Waals surface area contributed by atoms with Crippen molar-refractivity contribution in [3.63, 3.8) is 0 Å². The van der Waals surface area contributed by atoms with Crippen molar-refractivity contribution in [1.82, 2.24) is 10.8 Å². The average Bonchev–Trinajstić information content (AvgIpc) is 2.58. The third-order valence-electron chi connectivity index (χ3n) is 3.28. The van der Waals surface area contributed by atoms with Crippen LogP contribution in [-0.4, -0.2) is 24.4 Å². The predicted molar refractivity (Wildman–Crippen MR) is 104 cm³/mol. The molecule has 0 aromatic heterocycles. The Hall–Kier alpha value is -2.94. The van der Waals surface area contributed by atoms with E-state index in [2.05, 4.69) is 11.9 Å². The Labute approximate surface area is 167 Å². The van der Waals surface area contributed by atoms with Crippen molar-refractivity contribution in [2.24, 2.45) is 0 Å². The van der Waals surface area contributed by atoms with Gasteiger partial charge in [-0.2, -0.15) is 13.2 Å². The SMILES string of the molecule is C=C/C=C(\C(=C/N[O-])Oc1ccc(CCNC(=O)OC(C)(C)C)cc1)C(F)(F)F. The van der Waals surface area contributed by atoms with Crippen molar-refractivity contribution >= 4 is 6.09 Å². The summed E-state index contributed by atoms with van der Waals surface area (Å²) in [4.78, 5) is 11.6. The van der Waals surface area contributed by atoms with Crippen LogP contribution in [-0.2, 0) is 11.2 Å². The minimum absolute atomic E-state index is 0.106. The molecule has 1 aromatic rings. The molecule has 0 aliphatic heterocycles. The maximum atomic E-state index is 13.1. The highest BCUT2D eigenvalue weighted by Crippen LogP contribution is 2.32. The summed E-state index contributed by atoms with van der Waals surface area (Å²) in [6, 6.07) is 6.20. The molecule has 1 amide bonds. The molecule has 0 atom stereocenters. The molecule has 0 bridgehead atoms. The van der Waals surface area contributed by atoms with Crippen molar-refractivity contribution in [2.75, 3.05) is 6.54 Å². The highest BCUT2D eigenvalue weighted by molar-refractivity contribution is 5.67. The van der Waals surface area contributed by atoms with Gasteiger partial charge in [-0.3, -0.25) is 0 Å². The topological polar surface area (TPSA) is 82.6 Å². The lowest BCUT2D eigenvalue weighted by atomic mass is 10.1. The number of alkyl halides is 3. The second-order valence-electron chi connectivity index (χ2n) is 6.86. The number of rotatable bonds is 8. The summed E-state index contributed by atoms with van der Waals surface area (Å²) >= 11 is 0. The number of carbonyl (C=O) groups is 1. The third-order valence-corrected chi connectivity index (χ3v) is 3.28. The number of alkyl carbamates (subject to hydrolysis) is 1. The van der Waals surface area contributed by atoms with Crippen LogP contribution in [0.2, 0.25) is 0 Å². The summed E-state index contributed by atoms with van der Waals surface area (Å²) in [6.45, 7) is 8.82. The van der Waals surface area contributed by atoms with E-state index in [0.717, 1.165) is 11.6 Å². The van der Waals surface area contributed by atoms with Crippen LogP contribution >= 0.6 is 0 Å². The lowest BCUT2D eigenvalue weighted by Crippen LogP contribution is -2.33. The van der Waals surface area contributed by atoms with E-state index in [4.69, 9.17) is 9.47 Å². The zero-order valence-corrected chi connectivity index (χ0v) is 16.4. The zero-order chi connectivity index (χ0) is 22.1. The van der Waals surface area contributed by atoms with Crippen LogP contribution in [0.3, 0.4) is 0 Å². The summed E-state index contributed by atoms with van der Waals surface area (Å²) in [5.74, 6) is -0.582. The van der Waals surface area contributed by atoms with Gasteiger partial charge in [0.2, 0.25) is 0 Å². The first-order valence-corrected chi connectivity index (χ1v) is 8.68. The predicted octanol–water partition coefficient (Wildman–Crippen LogP) is 4.74. The molecule has 0 radical (unpaired) electrons. The Morgan fingerprint density at radius 2 is 1.83 bits per heavy atom. The van der Waals surface area contributed by atoms with Crippen LogP contribution in [0.5, 0.6) is 5.75 Å². The summed E-state index contributed by atoms with van der Waals surface area (Å²) < 4.78 is 49.8. The lowest BCUT2D eigenvalue weighted by Gasteiger charge is -2.19. The van der Waals surface area contributed by atoms with E-state index in [-0.39, 0.29) is 5.75 Å². The van der Waals surface area contributed by atoms with Crippen LogP contribution in [0.15, 0.2) is 60.5 Å². The molecule has 1 aromatic carbocycles. The van der Waals surface area contributed by atoms with Crippen molar-refractivity contribution in [2.45, 2.75) is 39.0 Å². The summed E-state index contributed by atoms with van der Waals surface area (Å²) in [7, 11) is 0. The first kappa shape index (κ1) is 24.1. The fraction of sp³-hybridized carbons (Fsp3) is 0.350. The number of carbonyl (C=O) groups excluding carboxylic acids is 1. The number of amides is 1. The Morgan fingerprint density at radius 1 is 1.21 bits per heavy atom.